The predicted molar refractivity (Wildman–Crippen MR) is 117 cm³/mol. The lowest BCUT2D eigenvalue weighted by Gasteiger charge is -2.34. The standard InChI is InChI=1S/C23H33N3O4/c1-27-20-7-5-19(6-8-20)9-13-24-22(25-14-10-21-4-3-15-30-21)26-18-23(28-2)11-16-29-17-12-23/h3-8,15H,9-14,16-18H2,1-2H3,(H2,24,25,26). The van der Waals surface area contributed by atoms with Crippen LogP contribution in [0.2, 0.25) is 0 Å². The average molecular weight is 416 g/mol. The van der Waals surface area contributed by atoms with Crippen molar-refractivity contribution in [3.8, 4) is 5.75 Å². The molecule has 30 heavy (non-hydrogen) atoms. The summed E-state index contributed by atoms with van der Waals surface area (Å²) in [6, 6.07) is 12.0. The van der Waals surface area contributed by atoms with Gasteiger partial charge in [0.05, 0.1) is 25.5 Å². The van der Waals surface area contributed by atoms with Crippen LogP contribution in [0.1, 0.15) is 24.2 Å². The molecule has 1 aliphatic heterocycles. The fourth-order valence-corrected chi connectivity index (χ4v) is 3.44. The molecule has 0 saturated carbocycles. The lowest BCUT2D eigenvalue weighted by Crippen LogP contribution is -2.44. The minimum atomic E-state index is -0.246. The highest BCUT2D eigenvalue weighted by Gasteiger charge is 2.32. The van der Waals surface area contributed by atoms with Crippen molar-refractivity contribution in [3.63, 3.8) is 0 Å². The number of benzene rings is 1. The van der Waals surface area contributed by atoms with Crippen LogP contribution in [0.4, 0.5) is 0 Å². The van der Waals surface area contributed by atoms with E-state index < -0.39 is 0 Å². The van der Waals surface area contributed by atoms with E-state index in [0.29, 0.717) is 6.54 Å². The van der Waals surface area contributed by atoms with E-state index in [4.69, 9.17) is 23.6 Å². The molecule has 2 heterocycles. The summed E-state index contributed by atoms with van der Waals surface area (Å²) >= 11 is 0. The van der Waals surface area contributed by atoms with E-state index in [1.807, 2.05) is 24.3 Å². The first-order valence-electron chi connectivity index (χ1n) is 10.5. The summed E-state index contributed by atoms with van der Waals surface area (Å²) < 4.78 is 22.0. The summed E-state index contributed by atoms with van der Waals surface area (Å²) in [4.78, 5) is 4.83. The van der Waals surface area contributed by atoms with Gasteiger partial charge in [0.15, 0.2) is 5.96 Å². The summed E-state index contributed by atoms with van der Waals surface area (Å²) in [6.07, 6.45) is 5.11. The van der Waals surface area contributed by atoms with E-state index in [1.54, 1.807) is 20.5 Å². The Labute approximate surface area is 178 Å². The minimum Gasteiger partial charge on any atom is -0.497 e. The Hall–Kier alpha value is -2.51. The second-order valence-electron chi connectivity index (χ2n) is 7.45. The normalized spacial score (nSPS) is 16.3. The molecule has 0 amide bonds. The van der Waals surface area contributed by atoms with Crippen molar-refractivity contribution in [1.29, 1.82) is 0 Å². The van der Waals surface area contributed by atoms with Crippen LogP contribution in [0.15, 0.2) is 52.1 Å². The predicted octanol–water partition coefficient (Wildman–Crippen LogP) is 2.80. The third kappa shape index (κ3) is 6.78. The van der Waals surface area contributed by atoms with Gasteiger partial charge in [-0.1, -0.05) is 12.1 Å². The lowest BCUT2D eigenvalue weighted by atomic mass is 9.94. The van der Waals surface area contributed by atoms with Gasteiger partial charge in [0, 0.05) is 52.7 Å². The van der Waals surface area contributed by atoms with Crippen LogP contribution in [0.3, 0.4) is 0 Å². The molecule has 0 unspecified atom stereocenters. The SMILES string of the molecule is COc1ccc(CCNC(=NCC2(OC)CCOCC2)NCCc2ccco2)cc1. The van der Waals surface area contributed by atoms with Crippen LogP contribution in [0.25, 0.3) is 0 Å². The maximum absolute atomic E-state index is 5.82. The maximum Gasteiger partial charge on any atom is 0.191 e. The molecule has 3 rings (SSSR count). The summed E-state index contributed by atoms with van der Waals surface area (Å²) in [5.41, 5.74) is 1.00. The number of nitrogens with one attached hydrogen (secondary N) is 2. The van der Waals surface area contributed by atoms with Crippen molar-refractivity contribution in [2.24, 2.45) is 4.99 Å². The van der Waals surface area contributed by atoms with Crippen molar-refractivity contribution in [2.75, 3.05) is 47.1 Å². The summed E-state index contributed by atoms with van der Waals surface area (Å²) in [7, 11) is 3.45. The van der Waals surface area contributed by atoms with E-state index in [-0.39, 0.29) is 5.60 Å². The van der Waals surface area contributed by atoms with Gasteiger partial charge in [0.2, 0.25) is 0 Å². The molecule has 0 bridgehead atoms. The zero-order valence-electron chi connectivity index (χ0n) is 18.0. The fourth-order valence-electron chi connectivity index (χ4n) is 3.44. The van der Waals surface area contributed by atoms with E-state index in [0.717, 1.165) is 69.5 Å². The number of furan rings is 1. The first-order valence-corrected chi connectivity index (χ1v) is 10.5. The number of rotatable bonds is 10. The molecule has 2 aromatic rings. The van der Waals surface area contributed by atoms with Crippen LogP contribution >= 0.6 is 0 Å². The molecular weight excluding hydrogens is 382 g/mol. The highest BCUT2D eigenvalue weighted by molar-refractivity contribution is 5.79. The molecule has 1 aliphatic rings. The zero-order valence-corrected chi connectivity index (χ0v) is 18.0. The Morgan fingerprint density at radius 1 is 1.03 bits per heavy atom. The summed E-state index contributed by atoms with van der Waals surface area (Å²) in [5, 5.41) is 6.86. The third-order valence-corrected chi connectivity index (χ3v) is 5.47. The minimum absolute atomic E-state index is 0.246. The van der Waals surface area contributed by atoms with Crippen LogP contribution in [0, 0.1) is 0 Å². The largest absolute Gasteiger partial charge is 0.497 e. The Morgan fingerprint density at radius 2 is 1.77 bits per heavy atom. The topological polar surface area (TPSA) is 77.2 Å². The quantitative estimate of drug-likeness (QED) is 0.459. The molecule has 2 N–H and O–H groups in total. The van der Waals surface area contributed by atoms with Gasteiger partial charge in [-0.3, -0.25) is 4.99 Å². The Kier molecular flexibility index (Phi) is 8.59. The van der Waals surface area contributed by atoms with Crippen LogP contribution in [-0.4, -0.2) is 58.6 Å². The van der Waals surface area contributed by atoms with Crippen molar-refractivity contribution in [2.45, 2.75) is 31.3 Å². The molecule has 0 spiro atoms. The monoisotopic (exact) mass is 415 g/mol. The van der Waals surface area contributed by atoms with Crippen LogP contribution in [0.5, 0.6) is 5.75 Å². The average Bonchev–Trinajstić information content (AvgIpc) is 3.32. The highest BCUT2D eigenvalue weighted by Crippen LogP contribution is 2.24. The Balaban J connectivity index is 1.55. The Bertz CT molecular complexity index is 753. The smallest absolute Gasteiger partial charge is 0.191 e. The van der Waals surface area contributed by atoms with Crippen LogP contribution < -0.4 is 15.4 Å². The highest BCUT2D eigenvalue weighted by atomic mass is 16.5. The van der Waals surface area contributed by atoms with E-state index in [1.165, 1.54) is 5.56 Å². The molecule has 0 radical (unpaired) electrons. The van der Waals surface area contributed by atoms with E-state index >= 15 is 0 Å². The van der Waals surface area contributed by atoms with Crippen molar-refractivity contribution < 1.29 is 18.6 Å². The molecule has 164 valence electrons. The molecule has 7 nitrogen and oxygen atoms in total. The van der Waals surface area contributed by atoms with Crippen molar-refractivity contribution in [3.05, 3.63) is 54.0 Å². The number of hydrogen-bond acceptors (Lipinski definition) is 5. The summed E-state index contributed by atoms with van der Waals surface area (Å²) in [5.74, 6) is 2.62. The van der Waals surface area contributed by atoms with E-state index in [9.17, 15) is 0 Å². The molecule has 0 aliphatic carbocycles. The second-order valence-corrected chi connectivity index (χ2v) is 7.45. The van der Waals surface area contributed by atoms with Gasteiger partial charge in [-0.25, -0.2) is 0 Å². The fraction of sp³-hybridized carbons (Fsp3) is 0.522. The Morgan fingerprint density at radius 3 is 2.40 bits per heavy atom. The van der Waals surface area contributed by atoms with E-state index in [2.05, 4.69) is 22.8 Å². The second kappa shape index (κ2) is 11.6. The van der Waals surface area contributed by atoms with Gasteiger partial charge >= 0.3 is 0 Å². The number of hydrogen-bond donors (Lipinski definition) is 2. The van der Waals surface area contributed by atoms with Gasteiger partial charge in [-0.2, -0.15) is 0 Å². The van der Waals surface area contributed by atoms with Gasteiger partial charge in [0.1, 0.15) is 11.5 Å². The first-order chi connectivity index (χ1) is 14.7. The third-order valence-electron chi connectivity index (χ3n) is 5.47. The van der Waals surface area contributed by atoms with Gasteiger partial charge in [0.25, 0.3) is 0 Å². The number of methoxy groups -OCH3 is 2. The number of aliphatic imine (C=N–C) groups is 1. The maximum atomic E-state index is 5.82. The molecule has 1 aromatic heterocycles. The van der Waals surface area contributed by atoms with Crippen molar-refractivity contribution >= 4 is 5.96 Å². The van der Waals surface area contributed by atoms with Crippen molar-refractivity contribution in [1.82, 2.24) is 10.6 Å². The molecule has 1 fully saturated rings. The molecule has 7 heteroatoms. The van der Waals surface area contributed by atoms with Gasteiger partial charge < -0.3 is 29.3 Å². The number of guanidine groups is 1. The molecule has 1 aromatic carbocycles. The molecule has 0 atom stereocenters. The summed E-state index contributed by atoms with van der Waals surface area (Å²) in [6.45, 7) is 3.56. The molecular formula is C23H33N3O4. The molecule has 1 saturated heterocycles. The lowest BCUT2D eigenvalue weighted by molar-refractivity contribution is -0.0828. The first kappa shape index (κ1) is 22.2. The van der Waals surface area contributed by atoms with Crippen LogP contribution in [-0.2, 0) is 22.3 Å². The van der Waals surface area contributed by atoms with Gasteiger partial charge in [-0.15, -0.1) is 0 Å². The van der Waals surface area contributed by atoms with Gasteiger partial charge in [-0.05, 0) is 36.2 Å². The number of ether oxygens (including phenoxy) is 3. The zero-order chi connectivity index (χ0) is 21.1. The number of nitrogens with zero attached hydrogens (tertiary/aromatic N) is 1.